The van der Waals surface area contributed by atoms with E-state index in [9.17, 15) is 0 Å². The number of hydrogen-bond donors (Lipinski definition) is 0. The van der Waals surface area contributed by atoms with E-state index < -0.39 is 0 Å². The Balaban J connectivity index is 0.000000606. The third-order valence-corrected chi connectivity index (χ3v) is 4.26. The van der Waals surface area contributed by atoms with Crippen LogP contribution < -0.4 is 0 Å². The summed E-state index contributed by atoms with van der Waals surface area (Å²) in [5.41, 5.74) is 0. The number of rotatable bonds is 4. The highest BCUT2D eigenvalue weighted by Gasteiger charge is 2.37. The Labute approximate surface area is 106 Å². The lowest BCUT2D eigenvalue weighted by Crippen LogP contribution is -2.27. The van der Waals surface area contributed by atoms with Crippen molar-refractivity contribution in [3.8, 4) is 0 Å². The van der Waals surface area contributed by atoms with Gasteiger partial charge in [-0.1, -0.05) is 13.8 Å². The van der Waals surface area contributed by atoms with Gasteiger partial charge in [0.1, 0.15) is 0 Å². The lowest BCUT2D eigenvalue weighted by Gasteiger charge is -2.18. The SMILES string of the molecule is CC.CSCCCN1C[C@H]2CN(C)C[C@H]2C1. The zero-order chi connectivity index (χ0) is 12.0. The van der Waals surface area contributed by atoms with Crippen LogP contribution in [-0.2, 0) is 0 Å². The predicted octanol–water partition coefficient (Wildman–Crippen LogP) is 2.26. The first-order valence-corrected chi connectivity index (χ1v) is 8.09. The first-order chi connectivity index (χ1) is 7.79. The molecule has 0 spiro atoms. The highest BCUT2D eigenvalue weighted by atomic mass is 32.2. The van der Waals surface area contributed by atoms with Crippen LogP contribution in [0.5, 0.6) is 0 Å². The van der Waals surface area contributed by atoms with Gasteiger partial charge in [-0.2, -0.15) is 11.8 Å². The Bertz CT molecular complexity index is 173. The quantitative estimate of drug-likeness (QED) is 0.701. The van der Waals surface area contributed by atoms with E-state index in [0.717, 1.165) is 11.8 Å². The largest absolute Gasteiger partial charge is 0.306 e. The summed E-state index contributed by atoms with van der Waals surface area (Å²) < 4.78 is 0. The van der Waals surface area contributed by atoms with E-state index in [1.165, 1.54) is 44.9 Å². The van der Waals surface area contributed by atoms with Crippen molar-refractivity contribution in [2.75, 3.05) is 51.8 Å². The van der Waals surface area contributed by atoms with Crippen LogP contribution in [0.4, 0.5) is 0 Å². The van der Waals surface area contributed by atoms with Gasteiger partial charge in [0, 0.05) is 26.2 Å². The molecule has 2 heterocycles. The molecule has 2 nitrogen and oxygen atoms in total. The number of hydrogen-bond acceptors (Lipinski definition) is 3. The minimum absolute atomic E-state index is 0.981. The monoisotopic (exact) mass is 244 g/mol. The molecule has 0 amide bonds. The van der Waals surface area contributed by atoms with Crippen LogP contribution >= 0.6 is 11.8 Å². The summed E-state index contributed by atoms with van der Waals surface area (Å²) in [5, 5.41) is 0. The number of nitrogens with zero attached hydrogens (tertiary/aromatic N) is 2. The standard InChI is InChI=1S/C11H22N2S.C2H6/c1-12-6-10-8-13(4-3-5-14-2)9-11(10)7-12;1-2/h10-11H,3-9H2,1-2H3;1-2H3/t10-,11+;. The van der Waals surface area contributed by atoms with Gasteiger partial charge in [0.05, 0.1) is 0 Å². The highest BCUT2D eigenvalue weighted by Crippen LogP contribution is 2.29. The molecule has 0 bridgehead atoms. The summed E-state index contributed by atoms with van der Waals surface area (Å²) in [5.74, 6) is 3.29. The molecule has 2 fully saturated rings. The van der Waals surface area contributed by atoms with E-state index >= 15 is 0 Å². The molecule has 0 N–H and O–H groups in total. The number of likely N-dealkylation sites (tertiary alicyclic amines) is 2. The Kier molecular flexibility index (Phi) is 6.78. The third-order valence-electron chi connectivity index (χ3n) is 3.57. The second kappa shape index (κ2) is 7.57. The van der Waals surface area contributed by atoms with Gasteiger partial charge in [-0.25, -0.2) is 0 Å². The second-order valence-corrected chi connectivity index (χ2v) is 5.83. The maximum absolute atomic E-state index is 2.68. The Morgan fingerprint density at radius 2 is 1.62 bits per heavy atom. The first kappa shape index (κ1) is 14.3. The normalized spacial score (nSPS) is 30.0. The third kappa shape index (κ3) is 3.94. The molecule has 0 saturated carbocycles. The molecule has 0 aliphatic carbocycles. The molecular formula is C13H28N2S. The molecule has 0 aromatic rings. The molecule has 2 saturated heterocycles. The van der Waals surface area contributed by atoms with Crippen molar-refractivity contribution in [3.63, 3.8) is 0 Å². The average Bonchev–Trinajstić information content (AvgIpc) is 2.78. The van der Waals surface area contributed by atoms with E-state index in [-0.39, 0.29) is 0 Å². The maximum atomic E-state index is 2.68. The summed E-state index contributed by atoms with van der Waals surface area (Å²) in [4.78, 5) is 5.17. The minimum atomic E-state index is 0.981. The lowest BCUT2D eigenvalue weighted by molar-refractivity contribution is 0.279. The van der Waals surface area contributed by atoms with Gasteiger partial charge >= 0.3 is 0 Å². The summed E-state index contributed by atoms with van der Waals surface area (Å²) in [6, 6.07) is 0. The molecule has 2 rings (SSSR count). The maximum Gasteiger partial charge on any atom is 0.00256 e. The Hall–Kier alpha value is 0.270. The van der Waals surface area contributed by atoms with Crippen molar-refractivity contribution in [1.82, 2.24) is 9.80 Å². The van der Waals surface area contributed by atoms with Crippen molar-refractivity contribution in [1.29, 1.82) is 0 Å². The van der Waals surface area contributed by atoms with Gasteiger partial charge in [-0.15, -0.1) is 0 Å². The van der Waals surface area contributed by atoms with Crippen molar-refractivity contribution >= 4 is 11.8 Å². The molecule has 0 aromatic heterocycles. The van der Waals surface area contributed by atoms with Gasteiger partial charge in [0.15, 0.2) is 0 Å². The van der Waals surface area contributed by atoms with Crippen LogP contribution in [0.15, 0.2) is 0 Å². The van der Waals surface area contributed by atoms with Crippen LogP contribution in [0, 0.1) is 11.8 Å². The fraction of sp³-hybridized carbons (Fsp3) is 1.00. The molecule has 2 aliphatic rings. The van der Waals surface area contributed by atoms with Crippen LogP contribution in [-0.4, -0.2) is 61.6 Å². The van der Waals surface area contributed by atoms with E-state index in [1.807, 2.05) is 25.6 Å². The van der Waals surface area contributed by atoms with Crippen LogP contribution in [0.2, 0.25) is 0 Å². The highest BCUT2D eigenvalue weighted by molar-refractivity contribution is 7.98. The summed E-state index contributed by atoms with van der Waals surface area (Å²) in [7, 11) is 2.26. The van der Waals surface area contributed by atoms with Crippen molar-refractivity contribution < 1.29 is 0 Å². The smallest absolute Gasteiger partial charge is 0.00256 e. The zero-order valence-corrected chi connectivity index (χ0v) is 12.2. The first-order valence-electron chi connectivity index (χ1n) is 6.69. The van der Waals surface area contributed by atoms with Gasteiger partial charge < -0.3 is 9.80 Å². The molecule has 0 radical (unpaired) electrons. The summed E-state index contributed by atoms with van der Waals surface area (Å²) >= 11 is 1.97. The molecule has 0 unspecified atom stereocenters. The molecule has 0 aromatic carbocycles. The Morgan fingerprint density at radius 1 is 1.06 bits per heavy atom. The minimum Gasteiger partial charge on any atom is -0.306 e. The van der Waals surface area contributed by atoms with Gasteiger partial charge in [-0.3, -0.25) is 0 Å². The van der Waals surface area contributed by atoms with E-state index in [4.69, 9.17) is 0 Å². The molecule has 16 heavy (non-hydrogen) atoms. The van der Waals surface area contributed by atoms with Gasteiger partial charge in [0.2, 0.25) is 0 Å². The lowest BCUT2D eigenvalue weighted by atomic mass is 10.0. The molecule has 3 heteroatoms. The van der Waals surface area contributed by atoms with E-state index in [1.54, 1.807) is 0 Å². The Morgan fingerprint density at radius 3 is 2.12 bits per heavy atom. The zero-order valence-electron chi connectivity index (χ0n) is 11.4. The summed E-state index contributed by atoms with van der Waals surface area (Å²) in [6.07, 6.45) is 3.57. The topological polar surface area (TPSA) is 6.48 Å². The summed E-state index contributed by atoms with van der Waals surface area (Å²) in [6.45, 7) is 10.7. The molecular weight excluding hydrogens is 216 g/mol. The van der Waals surface area contributed by atoms with Crippen molar-refractivity contribution in [2.24, 2.45) is 11.8 Å². The average molecular weight is 244 g/mol. The van der Waals surface area contributed by atoms with Gasteiger partial charge in [0.25, 0.3) is 0 Å². The number of fused-ring (bicyclic) bond motifs is 1. The fourth-order valence-corrected chi connectivity index (χ4v) is 3.36. The molecule has 2 aliphatic heterocycles. The van der Waals surface area contributed by atoms with Crippen LogP contribution in [0.3, 0.4) is 0 Å². The second-order valence-electron chi connectivity index (χ2n) is 4.85. The molecule has 2 atom stereocenters. The van der Waals surface area contributed by atoms with Crippen molar-refractivity contribution in [2.45, 2.75) is 20.3 Å². The van der Waals surface area contributed by atoms with Crippen LogP contribution in [0.25, 0.3) is 0 Å². The molecule has 96 valence electrons. The van der Waals surface area contributed by atoms with Crippen molar-refractivity contribution in [3.05, 3.63) is 0 Å². The predicted molar refractivity (Wildman–Crippen MR) is 75.3 cm³/mol. The van der Waals surface area contributed by atoms with E-state index in [0.29, 0.717) is 0 Å². The van der Waals surface area contributed by atoms with Gasteiger partial charge in [-0.05, 0) is 43.9 Å². The van der Waals surface area contributed by atoms with Crippen LogP contribution in [0.1, 0.15) is 20.3 Å². The fourth-order valence-electron chi connectivity index (χ4n) is 2.94. The number of thioether (sulfide) groups is 1. The van der Waals surface area contributed by atoms with E-state index in [2.05, 4.69) is 23.1 Å².